The van der Waals surface area contributed by atoms with Crippen LogP contribution in [0.3, 0.4) is 0 Å². The molecule has 6 nitrogen and oxygen atoms in total. The van der Waals surface area contributed by atoms with E-state index in [1.165, 1.54) is 0 Å². The maximum Gasteiger partial charge on any atom is 0.317 e. The smallest absolute Gasteiger partial charge is 0.317 e. The lowest BCUT2D eigenvalue weighted by atomic mass is 9.97. The van der Waals surface area contributed by atoms with Gasteiger partial charge in [0.15, 0.2) is 0 Å². The molecule has 1 saturated heterocycles. The van der Waals surface area contributed by atoms with Crippen LogP contribution in [0.5, 0.6) is 0 Å². The molecule has 2 N–H and O–H groups in total. The van der Waals surface area contributed by atoms with Crippen LogP contribution in [0.4, 0.5) is 4.79 Å². The van der Waals surface area contributed by atoms with Crippen molar-refractivity contribution in [2.75, 3.05) is 32.8 Å². The van der Waals surface area contributed by atoms with Crippen LogP contribution in [0.1, 0.15) is 39.0 Å². The minimum Gasteiger partial charge on any atom is -0.481 e. The number of carboxylic acid groups (broad SMARTS) is 1. The minimum absolute atomic E-state index is 0.0383. The molecule has 1 unspecified atom stereocenters. The van der Waals surface area contributed by atoms with Crippen molar-refractivity contribution >= 4 is 12.0 Å². The Labute approximate surface area is 120 Å². The molecule has 6 heteroatoms. The van der Waals surface area contributed by atoms with Gasteiger partial charge >= 0.3 is 12.0 Å². The average Bonchev–Trinajstić information content (AvgIpc) is 2.71. The number of carbonyl (C=O) groups excluding carboxylic acids is 1. The van der Waals surface area contributed by atoms with Crippen molar-refractivity contribution in [3.63, 3.8) is 0 Å². The summed E-state index contributed by atoms with van der Waals surface area (Å²) < 4.78 is 5.31. The van der Waals surface area contributed by atoms with Crippen LogP contribution in [0.25, 0.3) is 0 Å². The SMILES string of the molecule is CCC(CCNC(=O)N1CCCOCC1)CCC(=O)O. The molecular formula is C14H26N2O4. The van der Waals surface area contributed by atoms with Crippen LogP contribution < -0.4 is 5.32 Å². The Balaban J connectivity index is 2.20. The summed E-state index contributed by atoms with van der Waals surface area (Å²) in [6.07, 6.45) is 3.54. The highest BCUT2D eigenvalue weighted by atomic mass is 16.5. The second kappa shape index (κ2) is 9.58. The number of rotatable bonds is 7. The number of carbonyl (C=O) groups is 2. The van der Waals surface area contributed by atoms with E-state index in [-0.39, 0.29) is 12.5 Å². The Kier molecular flexibility index (Phi) is 8.02. The van der Waals surface area contributed by atoms with Crippen LogP contribution in [0.2, 0.25) is 0 Å². The number of nitrogens with zero attached hydrogens (tertiary/aromatic N) is 1. The van der Waals surface area contributed by atoms with Gasteiger partial charge in [-0.05, 0) is 25.2 Å². The first-order valence-corrected chi connectivity index (χ1v) is 7.45. The zero-order chi connectivity index (χ0) is 14.8. The van der Waals surface area contributed by atoms with Gasteiger partial charge in [-0.1, -0.05) is 13.3 Å². The van der Waals surface area contributed by atoms with E-state index in [1.807, 2.05) is 0 Å². The van der Waals surface area contributed by atoms with Gasteiger partial charge in [-0.2, -0.15) is 0 Å². The van der Waals surface area contributed by atoms with Crippen LogP contribution in [0, 0.1) is 5.92 Å². The molecule has 1 rings (SSSR count). The fraction of sp³-hybridized carbons (Fsp3) is 0.857. The van der Waals surface area contributed by atoms with Gasteiger partial charge < -0.3 is 20.1 Å². The Hall–Kier alpha value is -1.30. The highest BCUT2D eigenvalue weighted by Gasteiger charge is 2.15. The Morgan fingerprint density at radius 2 is 2.10 bits per heavy atom. The summed E-state index contributed by atoms with van der Waals surface area (Å²) in [4.78, 5) is 24.3. The molecule has 1 aliphatic heterocycles. The molecule has 1 fully saturated rings. The van der Waals surface area contributed by atoms with Gasteiger partial charge in [0.1, 0.15) is 0 Å². The fourth-order valence-electron chi connectivity index (χ4n) is 2.32. The quantitative estimate of drug-likeness (QED) is 0.746. The summed E-state index contributed by atoms with van der Waals surface area (Å²) in [6.45, 7) is 5.36. The zero-order valence-corrected chi connectivity index (χ0v) is 12.3. The first-order valence-electron chi connectivity index (χ1n) is 7.45. The number of nitrogens with one attached hydrogen (secondary N) is 1. The van der Waals surface area contributed by atoms with Crippen LogP contribution >= 0.6 is 0 Å². The van der Waals surface area contributed by atoms with E-state index >= 15 is 0 Å². The largest absolute Gasteiger partial charge is 0.481 e. The van der Waals surface area contributed by atoms with Gasteiger partial charge in [0.2, 0.25) is 0 Å². The lowest BCUT2D eigenvalue weighted by Crippen LogP contribution is -2.41. The molecule has 0 radical (unpaired) electrons. The van der Waals surface area contributed by atoms with Gasteiger partial charge in [0, 0.05) is 32.7 Å². The van der Waals surface area contributed by atoms with Gasteiger partial charge in [0.05, 0.1) is 6.61 Å². The van der Waals surface area contributed by atoms with Crippen molar-refractivity contribution in [2.45, 2.75) is 39.0 Å². The van der Waals surface area contributed by atoms with Crippen molar-refractivity contribution < 1.29 is 19.4 Å². The van der Waals surface area contributed by atoms with Crippen molar-refractivity contribution in [3.8, 4) is 0 Å². The minimum atomic E-state index is -0.753. The second-order valence-corrected chi connectivity index (χ2v) is 5.18. The summed E-state index contributed by atoms with van der Waals surface area (Å²) in [7, 11) is 0. The third-order valence-electron chi connectivity index (χ3n) is 3.68. The first kappa shape index (κ1) is 16.8. The molecule has 2 amide bonds. The van der Waals surface area contributed by atoms with Crippen molar-refractivity contribution in [3.05, 3.63) is 0 Å². The zero-order valence-electron chi connectivity index (χ0n) is 12.3. The van der Waals surface area contributed by atoms with Gasteiger partial charge in [0.25, 0.3) is 0 Å². The Morgan fingerprint density at radius 1 is 1.30 bits per heavy atom. The Morgan fingerprint density at radius 3 is 2.80 bits per heavy atom. The van der Waals surface area contributed by atoms with Crippen LogP contribution in [-0.4, -0.2) is 54.9 Å². The molecule has 0 aromatic heterocycles. The molecule has 0 bridgehead atoms. The van der Waals surface area contributed by atoms with Crippen molar-refractivity contribution in [1.29, 1.82) is 0 Å². The molecule has 1 atom stereocenters. The summed E-state index contributed by atoms with van der Waals surface area (Å²) in [5.41, 5.74) is 0. The highest BCUT2D eigenvalue weighted by Crippen LogP contribution is 2.14. The molecule has 116 valence electrons. The molecule has 0 aromatic rings. The second-order valence-electron chi connectivity index (χ2n) is 5.18. The van der Waals surface area contributed by atoms with Gasteiger partial charge in [-0.3, -0.25) is 4.79 Å². The lowest BCUT2D eigenvalue weighted by Gasteiger charge is -2.21. The number of urea groups is 1. The third-order valence-corrected chi connectivity index (χ3v) is 3.68. The number of hydrogen-bond acceptors (Lipinski definition) is 3. The van der Waals surface area contributed by atoms with E-state index in [4.69, 9.17) is 9.84 Å². The molecule has 0 saturated carbocycles. The molecule has 1 heterocycles. The maximum absolute atomic E-state index is 12.0. The molecule has 0 aromatic carbocycles. The molecule has 0 aliphatic carbocycles. The summed E-state index contributed by atoms with van der Waals surface area (Å²) in [6, 6.07) is -0.0383. The highest BCUT2D eigenvalue weighted by molar-refractivity contribution is 5.74. The fourth-order valence-corrected chi connectivity index (χ4v) is 2.32. The molecule has 0 spiro atoms. The van der Waals surface area contributed by atoms with Crippen LogP contribution in [0.15, 0.2) is 0 Å². The van der Waals surface area contributed by atoms with E-state index in [1.54, 1.807) is 4.90 Å². The van der Waals surface area contributed by atoms with E-state index in [0.29, 0.717) is 32.0 Å². The predicted molar refractivity (Wildman–Crippen MR) is 75.7 cm³/mol. The van der Waals surface area contributed by atoms with Crippen molar-refractivity contribution in [2.24, 2.45) is 5.92 Å². The Bertz CT molecular complexity index is 302. The molecular weight excluding hydrogens is 260 g/mol. The summed E-state index contributed by atoms with van der Waals surface area (Å²) in [5.74, 6) is -0.393. The van der Waals surface area contributed by atoms with E-state index in [0.717, 1.165) is 32.4 Å². The predicted octanol–water partition coefficient (Wildman–Crippen LogP) is 1.70. The number of aliphatic carboxylic acids is 1. The number of hydrogen-bond donors (Lipinski definition) is 2. The van der Waals surface area contributed by atoms with E-state index in [9.17, 15) is 9.59 Å². The summed E-state index contributed by atoms with van der Waals surface area (Å²) in [5, 5.41) is 11.6. The normalized spacial score (nSPS) is 17.4. The number of ether oxygens (including phenoxy) is 1. The van der Waals surface area contributed by atoms with Crippen molar-refractivity contribution in [1.82, 2.24) is 10.2 Å². The van der Waals surface area contributed by atoms with E-state index in [2.05, 4.69) is 12.2 Å². The third kappa shape index (κ3) is 6.75. The standard InChI is InChI=1S/C14H26N2O4/c1-2-12(4-5-13(17)18)6-7-15-14(19)16-8-3-10-20-11-9-16/h12H,2-11H2,1H3,(H,15,19)(H,17,18). The van der Waals surface area contributed by atoms with E-state index < -0.39 is 5.97 Å². The topological polar surface area (TPSA) is 78.9 Å². The number of carboxylic acids is 1. The lowest BCUT2D eigenvalue weighted by molar-refractivity contribution is -0.137. The van der Waals surface area contributed by atoms with Gasteiger partial charge in [-0.25, -0.2) is 4.79 Å². The average molecular weight is 286 g/mol. The monoisotopic (exact) mass is 286 g/mol. The number of amides is 2. The summed E-state index contributed by atoms with van der Waals surface area (Å²) >= 11 is 0. The maximum atomic E-state index is 12.0. The van der Waals surface area contributed by atoms with Crippen LogP contribution in [-0.2, 0) is 9.53 Å². The first-order chi connectivity index (χ1) is 9.63. The van der Waals surface area contributed by atoms with Gasteiger partial charge in [-0.15, -0.1) is 0 Å². The molecule has 20 heavy (non-hydrogen) atoms. The molecule has 1 aliphatic rings.